The Kier molecular flexibility index (Phi) is 5.37. The van der Waals surface area contributed by atoms with Gasteiger partial charge in [-0.25, -0.2) is 0 Å². The van der Waals surface area contributed by atoms with Gasteiger partial charge in [-0.3, -0.25) is 9.89 Å². The first-order chi connectivity index (χ1) is 9.04. The van der Waals surface area contributed by atoms with Crippen LogP contribution in [-0.4, -0.2) is 34.1 Å². The Hall–Kier alpha value is -2.03. The summed E-state index contributed by atoms with van der Waals surface area (Å²) in [6.07, 6.45) is 1.70. The lowest BCUT2D eigenvalue weighted by atomic mass is 10.1. The number of nitrogens with zero attached hydrogens (tertiary/aromatic N) is 3. The van der Waals surface area contributed by atoms with Crippen LogP contribution in [0.1, 0.15) is 43.4 Å². The molecule has 19 heavy (non-hydrogen) atoms. The Balaban J connectivity index is 2.89. The van der Waals surface area contributed by atoms with Crippen LogP contribution in [0.4, 0.5) is 5.69 Å². The number of amides is 1. The van der Waals surface area contributed by atoms with Gasteiger partial charge in [-0.15, -0.1) is 0 Å². The number of nitrogen functional groups attached to an aromatic ring is 1. The first-order valence-corrected chi connectivity index (χ1v) is 6.56. The predicted octanol–water partition coefficient (Wildman–Crippen LogP) is 1.57. The van der Waals surface area contributed by atoms with Crippen LogP contribution in [0.3, 0.4) is 0 Å². The van der Waals surface area contributed by atoms with Gasteiger partial charge in [0.05, 0.1) is 23.4 Å². The topological polar surface area (TPSA) is 98.8 Å². The Morgan fingerprint density at radius 2 is 2.26 bits per heavy atom. The lowest BCUT2D eigenvalue weighted by molar-refractivity contribution is 0.0748. The molecule has 0 aliphatic rings. The fourth-order valence-electron chi connectivity index (χ4n) is 1.87. The molecule has 1 unspecified atom stereocenters. The molecule has 0 saturated heterocycles. The van der Waals surface area contributed by atoms with Crippen molar-refractivity contribution in [2.75, 3.05) is 18.8 Å². The minimum Gasteiger partial charge on any atom is -0.395 e. The van der Waals surface area contributed by atoms with Gasteiger partial charge in [-0.2, -0.15) is 10.4 Å². The van der Waals surface area contributed by atoms with Crippen molar-refractivity contribution in [2.24, 2.45) is 5.92 Å². The Morgan fingerprint density at radius 1 is 1.58 bits per heavy atom. The number of nitrogens with one attached hydrogen (secondary N) is 1. The summed E-state index contributed by atoms with van der Waals surface area (Å²) < 4.78 is 0. The minimum atomic E-state index is -0.222. The molecule has 1 amide bonds. The monoisotopic (exact) mass is 263 g/mol. The van der Waals surface area contributed by atoms with Gasteiger partial charge in [0.25, 0.3) is 5.91 Å². The lowest BCUT2D eigenvalue weighted by Crippen LogP contribution is -2.35. The summed E-state index contributed by atoms with van der Waals surface area (Å²) in [5, 5.41) is 15.7. The number of aromatic nitrogens is 2. The number of rotatable bonds is 6. The number of nitriles is 1. The second kappa shape index (κ2) is 6.78. The highest BCUT2D eigenvalue weighted by Gasteiger charge is 2.22. The number of H-pyrrole nitrogens is 1. The molecule has 0 bridgehead atoms. The third-order valence-corrected chi connectivity index (χ3v) is 2.97. The third kappa shape index (κ3) is 3.47. The summed E-state index contributed by atoms with van der Waals surface area (Å²) in [7, 11) is 0. The average Bonchev–Trinajstić information content (AvgIpc) is 2.77. The van der Waals surface area contributed by atoms with Crippen molar-refractivity contribution >= 4 is 11.6 Å². The van der Waals surface area contributed by atoms with E-state index >= 15 is 0 Å². The maximum atomic E-state index is 12.3. The van der Waals surface area contributed by atoms with Gasteiger partial charge in [0.1, 0.15) is 0 Å². The molecule has 1 aromatic heterocycles. The van der Waals surface area contributed by atoms with E-state index in [0.717, 1.165) is 18.5 Å². The highest BCUT2D eigenvalue weighted by atomic mass is 16.2. The Labute approximate surface area is 113 Å². The second-order valence-corrected chi connectivity index (χ2v) is 4.59. The molecular formula is C13H21N5O. The molecule has 0 aliphatic carbocycles. The van der Waals surface area contributed by atoms with E-state index in [0.29, 0.717) is 18.8 Å². The van der Waals surface area contributed by atoms with E-state index in [1.165, 1.54) is 0 Å². The molecule has 0 fully saturated rings. The molecule has 6 heteroatoms. The summed E-state index contributed by atoms with van der Waals surface area (Å²) in [6, 6.07) is 2.12. The van der Waals surface area contributed by atoms with Crippen molar-refractivity contribution in [1.82, 2.24) is 15.1 Å². The van der Waals surface area contributed by atoms with E-state index in [1.807, 2.05) is 13.8 Å². The molecular weight excluding hydrogens is 242 g/mol. The van der Waals surface area contributed by atoms with E-state index in [4.69, 9.17) is 11.0 Å². The number of carbonyl (C=O) groups excluding carboxylic acids is 1. The largest absolute Gasteiger partial charge is 0.395 e. The average molecular weight is 263 g/mol. The SMILES string of the molecule is CCCc1[nH]nc(C(=O)N(CC)CC(C)C#N)c1N. The summed E-state index contributed by atoms with van der Waals surface area (Å²) in [4.78, 5) is 13.9. The van der Waals surface area contributed by atoms with E-state index in [2.05, 4.69) is 16.3 Å². The number of carbonyl (C=O) groups is 1. The van der Waals surface area contributed by atoms with Gasteiger partial charge in [-0.1, -0.05) is 13.3 Å². The van der Waals surface area contributed by atoms with Gasteiger partial charge in [0.2, 0.25) is 0 Å². The van der Waals surface area contributed by atoms with Crippen LogP contribution < -0.4 is 5.73 Å². The van der Waals surface area contributed by atoms with Crippen molar-refractivity contribution in [2.45, 2.75) is 33.6 Å². The van der Waals surface area contributed by atoms with Gasteiger partial charge >= 0.3 is 0 Å². The highest BCUT2D eigenvalue weighted by molar-refractivity contribution is 5.97. The first-order valence-electron chi connectivity index (χ1n) is 6.56. The van der Waals surface area contributed by atoms with Crippen LogP contribution in [0, 0.1) is 17.2 Å². The van der Waals surface area contributed by atoms with Crippen LogP contribution in [0.25, 0.3) is 0 Å². The van der Waals surface area contributed by atoms with Crippen LogP contribution in [-0.2, 0) is 6.42 Å². The summed E-state index contributed by atoms with van der Waals surface area (Å²) >= 11 is 0. The third-order valence-electron chi connectivity index (χ3n) is 2.97. The Bertz CT molecular complexity index is 474. The molecule has 0 spiro atoms. The maximum absolute atomic E-state index is 12.3. The number of hydrogen-bond donors (Lipinski definition) is 2. The zero-order valence-electron chi connectivity index (χ0n) is 11.7. The van der Waals surface area contributed by atoms with Crippen LogP contribution in [0.5, 0.6) is 0 Å². The molecule has 1 heterocycles. The van der Waals surface area contributed by atoms with Gasteiger partial charge in [0, 0.05) is 13.1 Å². The quantitative estimate of drug-likeness (QED) is 0.813. The molecule has 6 nitrogen and oxygen atoms in total. The zero-order valence-corrected chi connectivity index (χ0v) is 11.7. The molecule has 0 aliphatic heterocycles. The molecule has 104 valence electrons. The van der Waals surface area contributed by atoms with E-state index in [-0.39, 0.29) is 17.5 Å². The number of aromatic amines is 1. The molecule has 1 rings (SSSR count). The van der Waals surface area contributed by atoms with Crippen LogP contribution >= 0.6 is 0 Å². The zero-order chi connectivity index (χ0) is 14.4. The fraction of sp³-hybridized carbons (Fsp3) is 0.615. The molecule has 1 aromatic rings. The van der Waals surface area contributed by atoms with Crippen molar-refractivity contribution in [3.05, 3.63) is 11.4 Å². The fourth-order valence-corrected chi connectivity index (χ4v) is 1.87. The minimum absolute atomic E-state index is 0.209. The lowest BCUT2D eigenvalue weighted by Gasteiger charge is -2.21. The number of nitrogens with two attached hydrogens (primary N) is 1. The summed E-state index contributed by atoms with van der Waals surface area (Å²) in [6.45, 7) is 6.61. The Morgan fingerprint density at radius 3 is 2.79 bits per heavy atom. The van der Waals surface area contributed by atoms with Crippen molar-refractivity contribution < 1.29 is 4.79 Å². The number of anilines is 1. The normalized spacial score (nSPS) is 11.9. The van der Waals surface area contributed by atoms with Gasteiger partial charge in [-0.05, 0) is 20.3 Å². The first kappa shape index (κ1) is 15.0. The van der Waals surface area contributed by atoms with Gasteiger partial charge in [0.15, 0.2) is 5.69 Å². The molecule has 1 atom stereocenters. The standard InChI is InChI=1S/C13H21N5O/c1-4-6-10-11(15)12(17-16-10)13(19)18(5-2)8-9(3)7-14/h9H,4-6,8,15H2,1-3H3,(H,16,17). The summed E-state index contributed by atoms with van der Waals surface area (Å²) in [5.74, 6) is -0.431. The number of aryl methyl sites for hydroxylation is 1. The second-order valence-electron chi connectivity index (χ2n) is 4.59. The smallest absolute Gasteiger partial charge is 0.276 e. The maximum Gasteiger partial charge on any atom is 0.276 e. The van der Waals surface area contributed by atoms with Crippen LogP contribution in [0.15, 0.2) is 0 Å². The van der Waals surface area contributed by atoms with Crippen molar-refractivity contribution in [3.63, 3.8) is 0 Å². The van der Waals surface area contributed by atoms with Gasteiger partial charge < -0.3 is 10.6 Å². The van der Waals surface area contributed by atoms with E-state index in [1.54, 1.807) is 11.8 Å². The van der Waals surface area contributed by atoms with E-state index < -0.39 is 0 Å². The van der Waals surface area contributed by atoms with Crippen LogP contribution in [0.2, 0.25) is 0 Å². The van der Waals surface area contributed by atoms with E-state index in [9.17, 15) is 4.79 Å². The molecule has 0 aromatic carbocycles. The molecule has 0 radical (unpaired) electrons. The molecule has 3 N–H and O–H groups in total. The molecule has 0 saturated carbocycles. The van der Waals surface area contributed by atoms with Crippen molar-refractivity contribution in [1.29, 1.82) is 5.26 Å². The number of hydrogen-bond acceptors (Lipinski definition) is 4. The summed E-state index contributed by atoms with van der Waals surface area (Å²) in [5.41, 5.74) is 7.43. The highest BCUT2D eigenvalue weighted by Crippen LogP contribution is 2.18. The predicted molar refractivity (Wildman–Crippen MR) is 73.3 cm³/mol. The van der Waals surface area contributed by atoms with Crippen molar-refractivity contribution in [3.8, 4) is 6.07 Å².